The summed E-state index contributed by atoms with van der Waals surface area (Å²) >= 11 is 0. The first-order valence-electron chi connectivity index (χ1n) is 9.70. The molecule has 2 aromatic carbocycles. The number of carbonyl (C=O) groups excluding carboxylic acids is 2. The second-order valence-corrected chi connectivity index (χ2v) is 7.57. The van der Waals surface area contributed by atoms with Gasteiger partial charge >= 0.3 is 5.91 Å². The molecule has 6 nitrogen and oxygen atoms in total. The molecule has 1 fully saturated rings. The number of ether oxygens (including phenoxy) is 1. The number of hydrogen-bond donors (Lipinski definition) is 0. The van der Waals surface area contributed by atoms with E-state index >= 15 is 0 Å². The fourth-order valence-corrected chi connectivity index (χ4v) is 3.96. The summed E-state index contributed by atoms with van der Waals surface area (Å²) in [7, 11) is 1.59. The zero-order chi connectivity index (χ0) is 20.5. The lowest BCUT2D eigenvalue weighted by Crippen LogP contribution is -2.50. The molecule has 0 aromatic heterocycles. The quantitative estimate of drug-likeness (QED) is 0.726. The number of aryl methyl sites for hydroxylation is 1. The molecular weight excluding hydrogens is 373 g/mol. The summed E-state index contributed by atoms with van der Waals surface area (Å²) in [6.07, 6.45) is 0. The van der Waals surface area contributed by atoms with Gasteiger partial charge in [-0.15, -0.1) is 0 Å². The van der Waals surface area contributed by atoms with Gasteiger partial charge in [-0.3, -0.25) is 24.3 Å². The average Bonchev–Trinajstić information content (AvgIpc) is 2.94. The molecule has 1 saturated heterocycles. The third kappa shape index (κ3) is 3.88. The Balaban J connectivity index is 1.38. The van der Waals surface area contributed by atoms with Crippen molar-refractivity contribution in [1.82, 2.24) is 9.80 Å². The molecule has 2 aliphatic heterocycles. The van der Waals surface area contributed by atoms with E-state index in [0.717, 1.165) is 37.3 Å². The topological polar surface area (TPSA) is 53.1 Å². The summed E-state index contributed by atoms with van der Waals surface area (Å²) in [5.41, 5.74) is 2.98. The van der Waals surface area contributed by atoms with Gasteiger partial charge in [0.2, 0.25) is 0 Å². The van der Waals surface area contributed by atoms with Crippen LogP contribution in [-0.4, -0.2) is 61.4 Å². The minimum absolute atomic E-state index is 0.273. The standard InChI is InChI=1S/C22H24FN3O3/c1-15-3-5-19-18(11-15)21(27)22(28)26(19)14-25-9-7-24(8-10-25)13-16-12-17(23)4-6-20(16)29-2/h3-6,11-12H,7-10,13-14H2,1-2H3. The summed E-state index contributed by atoms with van der Waals surface area (Å²) in [4.78, 5) is 30.7. The number of methoxy groups -OCH3 is 1. The Labute approximate surface area is 169 Å². The van der Waals surface area contributed by atoms with E-state index in [-0.39, 0.29) is 5.82 Å². The summed E-state index contributed by atoms with van der Waals surface area (Å²) in [5, 5.41) is 0. The highest BCUT2D eigenvalue weighted by Gasteiger charge is 2.36. The van der Waals surface area contributed by atoms with Crippen molar-refractivity contribution in [2.75, 3.05) is 44.9 Å². The molecule has 2 heterocycles. The van der Waals surface area contributed by atoms with E-state index in [1.54, 1.807) is 24.1 Å². The number of amides is 1. The molecule has 0 saturated carbocycles. The minimum atomic E-state index is -0.461. The number of halogens is 1. The molecule has 2 aromatic rings. The largest absolute Gasteiger partial charge is 0.496 e. The van der Waals surface area contributed by atoms with Crippen molar-refractivity contribution in [1.29, 1.82) is 0 Å². The van der Waals surface area contributed by atoms with E-state index in [2.05, 4.69) is 9.80 Å². The number of anilines is 1. The number of benzene rings is 2. The number of rotatable bonds is 5. The Kier molecular flexibility index (Phi) is 5.34. The van der Waals surface area contributed by atoms with Crippen molar-refractivity contribution < 1.29 is 18.7 Å². The Morgan fingerprint density at radius 1 is 1.00 bits per heavy atom. The highest BCUT2D eigenvalue weighted by Crippen LogP contribution is 2.30. The summed E-state index contributed by atoms with van der Waals surface area (Å²) < 4.78 is 18.9. The second-order valence-electron chi connectivity index (χ2n) is 7.57. The number of hydrogen-bond acceptors (Lipinski definition) is 5. The Morgan fingerprint density at radius 2 is 1.72 bits per heavy atom. The predicted molar refractivity (Wildman–Crippen MR) is 108 cm³/mol. The molecule has 7 heteroatoms. The first-order chi connectivity index (χ1) is 14.0. The monoisotopic (exact) mass is 397 g/mol. The Hall–Kier alpha value is -2.77. The number of piperazine rings is 1. The summed E-state index contributed by atoms with van der Waals surface area (Å²) in [6.45, 7) is 6.02. The van der Waals surface area contributed by atoms with Crippen LogP contribution in [0.4, 0.5) is 10.1 Å². The number of ketones is 1. The number of carbonyl (C=O) groups is 2. The van der Waals surface area contributed by atoms with Gasteiger partial charge in [-0.25, -0.2) is 4.39 Å². The maximum atomic E-state index is 13.6. The first-order valence-corrected chi connectivity index (χ1v) is 9.70. The molecule has 2 aliphatic rings. The molecular formula is C22H24FN3O3. The zero-order valence-corrected chi connectivity index (χ0v) is 16.7. The van der Waals surface area contributed by atoms with Crippen molar-refractivity contribution >= 4 is 17.4 Å². The molecule has 29 heavy (non-hydrogen) atoms. The van der Waals surface area contributed by atoms with Crippen molar-refractivity contribution in [2.24, 2.45) is 0 Å². The predicted octanol–water partition coefficient (Wildman–Crippen LogP) is 2.45. The number of Topliss-reactive ketones (excluding diaryl/α,β-unsaturated/α-hetero) is 1. The van der Waals surface area contributed by atoms with E-state index in [4.69, 9.17) is 4.74 Å². The van der Waals surface area contributed by atoms with Crippen LogP contribution in [-0.2, 0) is 11.3 Å². The van der Waals surface area contributed by atoms with Gasteiger partial charge in [0.1, 0.15) is 11.6 Å². The van der Waals surface area contributed by atoms with Gasteiger partial charge in [0.25, 0.3) is 5.78 Å². The van der Waals surface area contributed by atoms with Crippen LogP contribution in [0.5, 0.6) is 5.75 Å². The fourth-order valence-electron chi connectivity index (χ4n) is 3.96. The molecule has 4 rings (SSSR count). The molecule has 0 radical (unpaired) electrons. The molecule has 0 atom stereocenters. The van der Waals surface area contributed by atoms with E-state index < -0.39 is 11.7 Å². The fraction of sp³-hybridized carbons (Fsp3) is 0.364. The van der Waals surface area contributed by atoms with Gasteiger partial charge < -0.3 is 4.74 Å². The van der Waals surface area contributed by atoms with Crippen LogP contribution >= 0.6 is 0 Å². The maximum absolute atomic E-state index is 13.6. The normalized spacial score (nSPS) is 17.7. The summed E-state index contributed by atoms with van der Waals surface area (Å²) in [5.74, 6) is -0.481. The number of fused-ring (bicyclic) bond motifs is 1. The molecule has 0 spiro atoms. The van der Waals surface area contributed by atoms with E-state index in [0.29, 0.717) is 30.2 Å². The van der Waals surface area contributed by atoms with E-state index in [9.17, 15) is 14.0 Å². The van der Waals surface area contributed by atoms with Gasteiger partial charge in [-0.2, -0.15) is 0 Å². The molecule has 0 N–H and O–H groups in total. The van der Waals surface area contributed by atoms with Crippen LogP contribution in [0.15, 0.2) is 36.4 Å². The van der Waals surface area contributed by atoms with Gasteiger partial charge in [0, 0.05) is 38.3 Å². The SMILES string of the molecule is COc1ccc(F)cc1CN1CCN(CN2C(=O)C(=O)c3cc(C)ccc32)CC1. The molecule has 152 valence electrons. The Morgan fingerprint density at radius 3 is 2.45 bits per heavy atom. The van der Waals surface area contributed by atoms with Crippen LogP contribution in [0.25, 0.3) is 0 Å². The third-order valence-electron chi connectivity index (χ3n) is 5.57. The zero-order valence-electron chi connectivity index (χ0n) is 16.7. The van der Waals surface area contributed by atoms with Crippen molar-refractivity contribution in [3.8, 4) is 5.75 Å². The van der Waals surface area contributed by atoms with Crippen molar-refractivity contribution in [3.05, 3.63) is 58.9 Å². The first kappa shape index (κ1) is 19.5. The van der Waals surface area contributed by atoms with Gasteiger partial charge in [0.15, 0.2) is 0 Å². The van der Waals surface area contributed by atoms with Gasteiger partial charge in [-0.05, 0) is 37.3 Å². The lowest BCUT2D eigenvalue weighted by atomic mass is 10.1. The molecule has 0 unspecified atom stereocenters. The van der Waals surface area contributed by atoms with Gasteiger partial charge in [-0.1, -0.05) is 11.6 Å². The lowest BCUT2D eigenvalue weighted by Gasteiger charge is -2.36. The molecule has 0 aliphatic carbocycles. The minimum Gasteiger partial charge on any atom is -0.496 e. The number of nitrogens with zero attached hydrogens (tertiary/aromatic N) is 3. The van der Waals surface area contributed by atoms with Gasteiger partial charge in [0.05, 0.1) is 25.0 Å². The van der Waals surface area contributed by atoms with Crippen LogP contribution in [0.2, 0.25) is 0 Å². The molecule has 1 amide bonds. The maximum Gasteiger partial charge on any atom is 0.300 e. The molecule has 0 bridgehead atoms. The Bertz CT molecular complexity index is 954. The van der Waals surface area contributed by atoms with Crippen LogP contribution in [0, 0.1) is 12.7 Å². The lowest BCUT2D eigenvalue weighted by molar-refractivity contribution is -0.114. The highest BCUT2D eigenvalue weighted by molar-refractivity contribution is 6.52. The van der Waals surface area contributed by atoms with Crippen LogP contribution in [0.1, 0.15) is 21.5 Å². The third-order valence-corrected chi connectivity index (χ3v) is 5.57. The van der Waals surface area contributed by atoms with Crippen LogP contribution in [0.3, 0.4) is 0 Å². The highest BCUT2D eigenvalue weighted by atomic mass is 19.1. The second kappa shape index (κ2) is 7.93. The summed E-state index contributed by atoms with van der Waals surface area (Å²) in [6, 6.07) is 10.1. The van der Waals surface area contributed by atoms with Crippen LogP contribution < -0.4 is 9.64 Å². The van der Waals surface area contributed by atoms with Crippen molar-refractivity contribution in [2.45, 2.75) is 13.5 Å². The smallest absolute Gasteiger partial charge is 0.300 e. The van der Waals surface area contributed by atoms with E-state index in [1.807, 2.05) is 19.1 Å². The van der Waals surface area contributed by atoms with E-state index in [1.165, 1.54) is 12.1 Å². The average molecular weight is 397 g/mol. The van der Waals surface area contributed by atoms with Crippen molar-refractivity contribution in [3.63, 3.8) is 0 Å².